The van der Waals surface area contributed by atoms with E-state index in [4.69, 9.17) is 10.00 Å². The summed E-state index contributed by atoms with van der Waals surface area (Å²) < 4.78 is 5.52. The molecule has 144 valence electrons. The van der Waals surface area contributed by atoms with E-state index in [0.29, 0.717) is 18.3 Å². The number of nitrogens with zero attached hydrogens (tertiary/aromatic N) is 3. The number of benzene rings is 2. The van der Waals surface area contributed by atoms with Crippen LogP contribution in [0.1, 0.15) is 20.3 Å². The summed E-state index contributed by atoms with van der Waals surface area (Å²) in [4.78, 5) is 22.5. The monoisotopic (exact) mass is 394 g/mol. The van der Waals surface area contributed by atoms with E-state index in [1.54, 1.807) is 4.90 Å². The first-order chi connectivity index (χ1) is 13.6. The van der Waals surface area contributed by atoms with Gasteiger partial charge in [0.1, 0.15) is 5.75 Å². The number of thioether (sulfide) groups is 1. The van der Waals surface area contributed by atoms with Crippen molar-refractivity contribution in [2.24, 2.45) is 0 Å². The van der Waals surface area contributed by atoms with Gasteiger partial charge in [-0.15, -0.1) is 0 Å². The van der Waals surface area contributed by atoms with Crippen molar-refractivity contribution in [2.45, 2.75) is 30.7 Å². The third-order valence-corrected chi connectivity index (χ3v) is 5.13. The molecule has 0 aliphatic carbocycles. The number of rotatable bonds is 8. The Morgan fingerprint density at radius 1 is 1.32 bits per heavy atom. The lowest BCUT2D eigenvalue weighted by atomic mass is 10.2. The summed E-state index contributed by atoms with van der Waals surface area (Å²) in [6, 6.07) is 17.2. The molecule has 1 atom stereocenters. The third-order valence-electron chi connectivity index (χ3n) is 4.16. The smallest absolute Gasteiger partial charge is 0.240 e. The molecule has 0 saturated heterocycles. The molecular weight excluding hydrogens is 372 g/mol. The molecule has 7 heteroatoms. The van der Waals surface area contributed by atoms with Crippen molar-refractivity contribution in [3.63, 3.8) is 0 Å². The molecule has 1 aromatic heterocycles. The fourth-order valence-corrected chi connectivity index (χ4v) is 3.73. The Hall–Kier alpha value is -2.98. The predicted octanol–water partition coefficient (Wildman–Crippen LogP) is 4.39. The lowest BCUT2D eigenvalue weighted by Gasteiger charge is -2.24. The fourth-order valence-electron chi connectivity index (χ4n) is 2.85. The Balaban J connectivity index is 1.76. The molecule has 2 aromatic carbocycles. The summed E-state index contributed by atoms with van der Waals surface area (Å²) in [5, 5.41) is 9.26. The first-order valence-corrected chi connectivity index (χ1v) is 10.0. The van der Waals surface area contributed by atoms with E-state index in [9.17, 15) is 4.79 Å². The first-order valence-electron chi connectivity index (χ1n) is 9.15. The number of anilines is 1. The zero-order valence-electron chi connectivity index (χ0n) is 15.9. The number of carbonyl (C=O) groups is 1. The summed E-state index contributed by atoms with van der Waals surface area (Å²) in [7, 11) is 0. The SMILES string of the molecule is CCOc1ccc2nc(SC(C)C(=O)N(CCC#N)c3ccccc3)[nH]c2c1. The molecule has 6 nitrogen and oxygen atoms in total. The van der Waals surface area contributed by atoms with Crippen LogP contribution in [0.4, 0.5) is 5.69 Å². The van der Waals surface area contributed by atoms with E-state index in [1.165, 1.54) is 11.8 Å². The van der Waals surface area contributed by atoms with Gasteiger partial charge < -0.3 is 14.6 Å². The molecule has 0 saturated carbocycles. The summed E-state index contributed by atoms with van der Waals surface area (Å²) in [6.07, 6.45) is 0.281. The summed E-state index contributed by atoms with van der Waals surface area (Å²) >= 11 is 1.37. The fraction of sp³-hybridized carbons (Fsp3) is 0.286. The van der Waals surface area contributed by atoms with Crippen LogP contribution in [-0.4, -0.2) is 34.3 Å². The van der Waals surface area contributed by atoms with Crippen LogP contribution in [-0.2, 0) is 4.79 Å². The third kappa shape index (κ3) is 4.65. The molecule has 28 heavy (non-hydrogen) atoms. The zero-order valence-corrected chi connectivity index (χ0v) is 16.7. The van der Waals surface area contributed by atoms with E-state index >= 15 is 0 Å². The molecule has 0 fully saturated rings. The Kier molecular flexibility index (Phi) is 6.56. The van der Waals surface area contributed by atoms with Gasteiger partial charge in [-0.25, -0.2) is 4.98 Å². The van der Waals surface area contributed by atoms with Crippen LogP contribution in [0.2, 0.25) is 0 Å². The molecule has 0 radical (unpaired) electrons. The number of ether oxygens (including phenoxy) is 1. The predicted molar refractivity (Wildman–Crippen MR) is 112 cm³/mol. The van der Waals surface area contributed by atoms with Crippen molar-refractivity contribution >= 4 is 34.4 Å². The molecule has 1 amide bonds. The van der Waals surface area contributed by atoms with Crippen molar-refractivity contribution in [1.29, 1.82) is 5.26 Å². The standard InChI is InChI=1S/C21H22N4O2S/c1-3-27-17-10-11-18-19(14-17)24-21(23-18)28-15(2)20(26)25(13-7-12-22)16-8-5-4-6-9-16/h4-6,8-11,14-15H,3,7,13H2,1-2H3,(H,23,24). The molecule has 0 spiro atoms. The maximum Gasteiger partial charge on any atom is 0.240 e. The van der Waals surface area contributed by atoms with Gasteiger partial charge in [-0.1, -0.05) is 30.0 Å². The molecule has 0 aliphatic heterocycles. The average Bonchev–Trinajstić information content (AvgIpc) is 3.10. The van der Waals surface area contributed by atoms with Crippen LogP contribution >= 0.6 is 11.8 Å². The second-order valence-corrected chi connectivity index (χ2v) is 7.48. The van der Waals surface area contributed by atoms with Gasteiger partial charge in [0.05, 0.1) is 35.4 Å². The summed E-state index contributed by atoms with van der Waals surface area (Å²) in [5.41, 5.74) is 2.49. The molecule has 1 N–H and O–H groups in total. The van der Waals surface area contributed by atoms with Gasteiger partial charge in [0.2, 0.25) is 5.91 Å². The van der Waals surface area contributed by atoms with Crippen LogP contribution in [0.3, 0.4) is 0 Å². The number of aromatic nitrogens is 2. The van der Waals surface area contributed by atoms with E-state index in [1.807, 2.05) is 62.4 Å². The minimum atomic E-state index is -0.356. The van der Waals surface area contributed by atoms with Crippen LogP contribution in [0.25, 0.3) is 11.0 Å². The average molecular weight is 395 g/mol. The highest BCUT2D eigenvalue weighted by molar-refractivity contribution is 8.00. The topological polar surface area (TPSA) is 82.0 Å². The minimum absolute atomic E-state index is 0.0538. The van der Waals surface area contributed by atoms with Gasteiger partial charge in [-0.3, -0.25) is 4.79 Å². The molecular formula is C21H22N4O2S. The Morgan fingerprint density at radius 2 is 2.11 bits per heavy atom. The normalized spacial score (nSPS) is 11.8. The second-order valence-electron chi connectivity index (χ2n) is 6.15. The summed E-state index contributed by atoms with van der Waals surface area (Å²) in [6.45, 7) is 4.76. The second kappa shape index (κ2) is 9.29. The molecule has 1 unspecified atom stereocenters. The van der Waals surface area contributed by atoms with E-state index in [2.05, 4.69) is 16.0 Å². The molecule has 0 aliphatic rings. The Labute approximate surface area is 168 Å². The van der Waals surface area contributed by atoms with Crippen molar-refractivity contribution in [3.8, 4) is 11.8 Å². The Bertz CT molecular complexity index is 981. The number of aromatic amines is 1. The van der Waals surface area contributed by atoms with Crippen molar-refractivity contribution in [1.82, 2.24) is 9.97 Å². The number of nitrogens with one attached hydrogen (secondary N) is 1. The van der Waals surface area contributed by atoms with Gasteiger partial charge >= 0.3 is 0 Å². The van der Waals surface area contributed by atoms with Gasteiger partial charge in [0.25, 0.3) is 0 Å². The van der Waals surface area contributed by atoms with Gasteiger partial charge in [-0.2, -0.15) is 5.26 Å². The highest BCUT2D eigenvalue weighted by atomic mass is 32.2. The van der Waals surface area contributed by atoms with E-state index < -0.39 is 0 Å². The van der Waals surface area contributed by atoms with Crippen LogP contribution in [0.5, 0.6) is 5.75 Å². The van der Waals surface area contributed by atoms with Crippen molar-refractivity contribution < 1.29 is 9.53 Å². The number of H-pyrrole nitrogens is 1. The van der Waals surface area contributed by atoms with E-state index in [-0.39, 0.29) is 17.6 Å². The highest BCUT2D eigenvalue weighted by Gasteiger charge is 2.23. The molecule has 3 aromatic rings. The molecule has 0 bridgehead atoms. The minimum Gasteiger partial charge on any atom is -0.494 e. The van der Waals surface area contributed by atoms with Gasteiger partial charge in [0.15, 0.2) is 5.16 Å². The number of carbonyl (C=O) groups excluding carboxylic acids is 1. The number of para-hydroxylation sites is 1. The number of hydrogen-bond donors (Lipinski definition) is 1. The zero-order chi connectivity index (χ0) is 19.9. The Morgan fingerprint density at radius 3 is 2.82 bits per heavy atom. The van der Waals surface area contributed by atoms with Crippen molar-refractivity contribution in [2.75, 3.05) is 18.1 Å². The number of fused-ring (bicyclic) bond motifs is 1. The number of imidazole rings is 1. The van der Waals surface area contributed by atoms with Crippen molar-refractivity contribution in [3.05, 3.63) is 48.5 Å². The lowest BCUT2D eigenvalue weighted by Crippen LogP contribution is -2.37. The van der Waals surface area contributed by atoms with Gasteiger partial charge in [-0.05, 0) is 38.1 Å². The highest BCUT2D eigenvalue weighted by Crippen LogP contribution is 2.28. The maximum atomic E-state index is 13.0. The number of amides is 1. The lowest BCUT2D eigenvalue weighted by molar-refractivity contribution is -0.117. The van der Waals surface area contributed by atoms with Crippen LogP contribution < -0.4 is 9.64 Å². The van der Waals surface area contributed by atoms with E-state index in [0.717, 1.165) is 22.5 Å². The summed E-state index contributed by atoms with van der Waals surface area (Å²) in [5.74, 6) is 0.730. The number of nitriles is 1. The molecule has 3 rings (SSSR count). The maximum absolute atomic E-state index is 13.0. The van der Waals surface area contributed by atoms with Crippen LogP contribution in [0.15, 0.2) is 53.7 Å². The van der Waals surface area contributed by atoms with Crippen LogP contribution in [0, 0.1) is 11.3 Å². The molecule has 1 heterocycles. The number of hydrogen-bond acceptors (Lipinski definition) is 5. The first kappa shape index (κ1) is 19.8. The van der Waals surface area contributed by atoms with Gasteiger partial charge in [0, 0.05) is 18.3 Å². The quantitative estimate of drug-likeness (QED) is 0.573. The largest absolute Gasteiger partial charge is 0.494 e.